The van der Waals surface area contributed by atoms with Gasteiger partial charge in [0.15, 0.2) is 0 Å². The van der Waals surface area contributed by atoms with Crippen LogP contribution in [-0.2, 0) is 6.54 Å². The summed E-state index contributed by atoms with van der Waals surface area (Å²) in [5.74, 6) is 0. The molecule has 0 saturated carbocycles. The number of aromatic nitrogens is 1. The Balaban J connectivity index is 2.60. The lowest BCUT2D eigenvalue weighted by atomic mass is 10.2. The van der Waals surface area contributed by atoms with Crippen LogP contribution in [0, 0.1) is 0 Å². The van der Waals surface area contributed by atoms with Gasteiger partial charge in [0.2, 0.25) is 0 Å². The van der Waals surface area contributed by atoms with E-state index < -0.39 is 0 Å². The van der Waals surface area contributed by atoms with Crippen molar-refractivity contribution < 1.29 is 5.11 Å². The van der Waals surface area contributed by atoms with Crippen LogP contribution in [0.3, 0.4) is 0 Å². The molecule has 0 unspecified atom stereocenters. The van der Waals surface area contributed by atoms with Crippen LogP contribution in [0.1, 0.15) is 25.8 Å². The van der Waals surface area contributed by atoms with Crippen LogP contribution < -0.4 is 0 Å². The molecule has 0 amide bonds. The van der Waals surface area contributed by atoms with E-state index >= 15 is 0 Å². The number of halogens is 1. The second-order valence-electron chi connectivity index (χ2n) is 4.13. The zero-order chi connectivity index (χ0) is 12.0. The fourth-order valence-electron chi connectivity index (χ4n) is 1.57. The minimum absolute atomic E-state index is 0.236. The predicted molar refractivity (Wildman–Crippen MR) is 66.5 cm³/mol. The lowest BCUT2D eigenvalue weighted by Crippen LogP contribution is -2.31. The molecule has 0 aliphatic rings. The summed E-state index contributed by atoms with van der Waals surface area (Å²) in [7, 11) is 0. The summed E-state index contributed by atoms with van der Waals surface area (Å²) in [6.07, 6.45) is 2.53. The second kappa shape index (κ2) is 6.84. The molecular formula is C12H19ClN2O. The summed E-state index contributed by atoms with van der Waals surface area (Å²) in [6, 6.07) is 4.31. The zero-order valence-corrected chi connectivity index (χ0v) is 10.6. The van der Waals surface area contributed by atoms with Gasteiger partial charge in [-0.1, -0.05) is 11.6 Å². The van der Waals surface area contributed by atoms with Gasteiger partial charge >= 0.3 is 0 Å². The summed E-state index contributed by atoms with van der Waals surface area (Å²) in [6.45, 7) is 6.29. The Hall–Kier alpha value is -0.640. The van der Waals surface area contributed by atoms with Gasteiger partial charge in [0.1, 0.15) is 5.15 Å². The van der Waals surface area contributed by atoms with E-state index in [9.17, 15) is 0 Å². The Kier molecular flexibility index (Phi) is 5.74. The molecule has 4 heteroatoms. The fraction of sp³-hybridized carbons (Fsp3) is 0.583. The normalized spacial score (nSPS) is 11.4. The number of rotatable bonds is 6. The Morgan fingerprint density at radius 1 is 1.50 bits per heavy atom. The van der Waals surface area contributed by atoms with Crippen molar-refractivity contribution in [1.29, 1.82) is 0 Å². The molecule has 0 saturated heterocycles. The predicted octanol–water partition coefficient (Wildman–Crippen LogP) is 2.33. The Labute approximate surface area is 102 Å². The lowest BCUT2D eigenvalue weighted by molar-refractivity contribution is 0.185. The van der Waals surface area contributed by atoms with Crippen molar-refractivity contribution in [3.05, 3.63) is 29.0 Å². The topological polar surface area (TPSA) is 36.4 Å². The van der Waals surface area contributed by atoms with Crippen molar-refractivity contribution in [2.45, 2.75) is 32.9 Å². The maximum Gasteiger partial charge on any atom is 0.129 e. The fourth-order valence-corrected chi connectivity index (χ4v) is 1.77. The zero-order valence-electron chi connectivity index (χ0n) is 9.86. The first kappa shape index (κ1) is 13.4. The Morgan fingerprint density at radius 3 is 2.81 bits per heavy atom. The summed E-state index contributed by atoms with van der Waals surface area (Å²) in [4.78, 5) is 6.27. The minimum Gasteiger partial charge on any atom is -0.396 e. The highest BCUT2D eigenvalue weighted by molar-refractivity contribution is 6.29. The second-order valence-corrected chi connectivity index (χ2v) is 4.52. The largest absolute Gasteiger partial charge is 0.396 e. The highest BCUT2D eigenvalue weighted by Crippen LogP contribution is 2.12. The minimum atomic E-state index is 0.236. The summed E-state index contributed by atoms with van der Waals surface area (Å²) in [5, 5.41) is 9.38. The highest BCUT2D eigenvalue weighted by Gasteiger charge is 2.09. The molecule has 16 heavy (non-hydrogen) atoms. The first-order valence-corrected chi connectivity index (χ1v) is 5.96. The molecule has 0 aliphatic heterocycles. The van der Waals surface area contributed by atoms with Gasteiger partial charge in [-0.05, 0) is 38.0 Å². The molecule has 0 bridgehead atoms. The van der Waals surface area contributed by atoms with Gasteiger partial charge in [-0.15, -0.1) is 0 Å². The van der Waals surface area contributed by atoms with Gasteiger partial charge in [-0.25, -0.2) is 4.98 Å². The summed E-state index contributed by atoms with van der Waals surface area (Å²) < 4.78 is 0. The SMILES string of the molecule is CC(C)N(CCCO)Cc1ccnc(Cl)c1. The average Bonchev–Trinajstić information content (AvgIpc) is 2.24. The van der Waals surface area contributed by atoms with Gasteiger partial charge in [0.25, 0.3) is 0 Å². The molecule has 3 nitrogen and oxygen atoms in total. The number of aliphatic hydroxyl groups is 1. The van der Waals surface area contributed by atoms with Crippen molar-refractivity contribution in [1.82, 2.24) is 9.88 Å². The standard InChI is InChI=1S/C12H19ClN2O/c1-10(2)15(6-3-7-16)9-11-4-5-14-12(13)8-11/h4-5,8,10,16H,3,6-7,9H2,1-2H3. The van der Waals surface area contributed by atoms with E-state index in [0.717, 1.165) is 25.1 Å². The van der Waals surface area contributed by atoms with Crippen molar-refractivity contribution in [2.75, 3.05) is 13.2 Å². The van der Waals surface area contributed by atoms with Crippen LogP contribution >= 0.6 is 11.6 Å². The first-order chi connectivity index (χ1) is 7.63. The van der Waals surface area contributed by atoms with E-state index in [1.165, 1.54) is 0 Å². The highest BCUT2D eigenvalue weighted by atomic mass is 35.5. The smallest absolute Gasteiger partial charge is 0.129 e. The van der Waals surface area contributed by atoms with Crippen LogP contribution in [0.4, 0.5) is 0 Å². The number of pyridine rings is 1. The monoisotopic (exact) mass is 242 g/mol. The Bertz CT molecular complexity index is 318. The molecule has 90 valence electrons. The van der Waals surface area contributed by atoms with Crippen LogP contribution in [0.15, 0.2) is 18.3 Å². The molecule has 1 N–H and O–H groups in total. The van der Waals surface area contributed by atoms with E-state index in [2.05, 4.69) is 23.7 Å². The van der Waals surface area contributed by atoms with E-state index in [1.807, 2.05) is 12.1 Å². The van der Waals surface area contributed by atoms with E-state index in [0.29, 0.717) is 11.2 Å². The third kappa shape index (κ3) is 4.47. The lowest BCUT2D eigenvalue weighted by Gasteiger charge is -2.26. The first-order valence-electron chi connectivity index (χ1n) is 5.59. The number of nitrogens with zero attached hydrogens (tertiary/aromatic N) is 2. The van der Waals surface area contributed by atoms with Crippen LogP contribution in [0.25, 0.3) is 0 Å². The van der Waals surface area contributed by atoms with E-state index in [1.54, 1.807) is 6.20 Å². The molecule has 1 aromatic heterocycles. The maximum absolute atomic E-state index is 8.85. The molecule has 0 radical (unpaired) electrons. The van der Waals surface area contributed by atoms with Crippen molar-refractivity contribution in [3.63, 3.8) is 0 Å². The molecule has 1 rings (SSSR count). The third-order valence-corrected chi connectivity index (χ3v) is 2.72. The molecule has 0 spiro atoms. The van der Waals surface area contributed by atoms with E-state index in [4.69, 9.17) is 16.7 Å². The molecule has 1 heterocycles. The van der Waals surface area contributed by atoms with Crippen LogP contribution in [0.5, 0.6) is 0 Å². The van der Waals surface area contributed by atoms with Crippen LogP contribution in [0.2, 0.25) is 5.15 Å². The number of hydrogen-bond acceptors (Lipinski definition) is 3. The van der Waals surface area contributed by atoms with E-state index in [-0.39, 0.29) is 6.61 Å². The van der Waals surface area contributed by atoms with Gasteiger partial charge in [-0.2, -0.15) is 0 Å². The summed E-state index contributed by atoms with van der Waals surface area (Å²) >= 11 is 5.84. The average molecular weight is 243 g/mol. The summed E-state index contributed by atoms with van der Waals surface area (Å²) in [5.41, 5.74) is 1.16. The molecule has 0 aromatic carbocycles. The number of aliphatic hydroxyl groups excluding tert-OH is 1. The number of hydrogen-bond donors (Lipinski definition) is 1. The molecule has 1 aromatic rings. The van der Waals surface area contributed by atoms with Gasteiger partial charge in [0.05, 0.1) is 0 Å². The van der Waals surface area contributed by atoms with Gasteiger partial charge < -0.3 is 5.11 Å². The molecule has 0 fully saturated rings. The van der Waals surface area contributed by atoms with Gasteiger partial charge in [0, 0.05) is 31.9 Å². The molecule has 0 aliphatic carbocycles. The maximum atomic E-state index is 8.85. The van der Waals surface area contributed by atoms with Crippen molar-refractivity contribution in [2.24, 2.45) is 0 Å². The van der Waals surface area contributed by atoms with Crippen LogP contribution in [-0.4, -0.2) is 34.2 Å². The quantitative estimate of drug-likeness (QED) is 0.778. The van der Waals surface area contributed by atoms with Crippen molar-refractivity contribution in [3.8, 4) is 0 Å². The molecule has 0 atom stereocenters. The molecular weight excluding hydrogens is 224 g/mol. The Morgan fingerprint density at radius 2 is 2.25 bits per heavy atom. The van der Waals surface area contributed by atoms with Crippen molar-refractivity contribution >= 4 is 11.6 Å². The van der Waals surface area contributed by atoms with Gasteiger partial charge in [-0.3, -0.25) is 4.90 Å². The third-order valence-electron chi connectivity index (χ3n) is 2.51.